The first-order valence-electron chi connectivity index (χ1n) is 13.7. The maximum Gasteiger partial charge on any atom is 0.416 e. The van der Waals surface area contributed by atoms with E-state index in [1.54, 1.807) is 30.6 Å². The molecule has 1 fully saturated rings. The summed E-state index contributed by atoms with van der Waals surface area (Å²) < 4.78 is 43.9. The van der Waals surface area contributed by atoms with Gasteiger partial charge in [0.2, 0.25) is 0 Å². The van der Waals surface area contributed by atoms with E-state index < -0.39 is 17.6 Å². The van der Waals surface area contributed by atoms with Gasteiger partial charge in [-0.15, -0.1) is 0 Å². The number of carbonyl (C=O) groups is 1. The third kappa shape index (κ3) is 6.25. The maximum absolute atomic E-state index is 14.0. The molecular formula is C31H32F3N7O. The maximum atomic E-state index is 14.0. The van der Waals surface area contributed by atoms with Gasteiger partial charge in [-0.3, -0.25) is 14.1 Å². The zero-order valence-electron chi connectivity index (χ0n) is 23.7. The summed E-state index contributed by atoms with van der Waals surface area (Å²) in [6, 6.07) is 8.95. The molecule has 0 spiro atoms. The molecule has 1 aliphatic heterocycles. The molecule has 3 N–H and O–H groups in total. The Labute approximate surface area is 242 Å². The minimum absolute atomic E-state index is 0.0715. The largest absolute Gasteiger partial charge is 0.416 e. The molecule has 1 saturated heterocycles. The number of benzene rings is 2. The highest BCUT2D eigenvalue weighted by atomic mass is 19.4. The molecule has 0 radical (unpaired) electrons. The number of rotatable bonds is 5. The minimum atomic E-state index is -4.55. The Kier molecular flexibility index (Phi) is 8.20. The van der Waals surface area contributed by atoms with Crippen LogP contribution in [0.5, 0.6) is 0 Å². The molecule has 0 aliphatic carbocycles. The zero-order chi connectivity index (χ0) is 30.0. The number of carbonyl (C=O) groups excluding carboxylic acids is 1. The molecule has 0 atom stereocenters. The van der Waals surface area contributed by atoms with Gasteiger partial charge in [0.05, 0.1) is 5.56 Å². The van der Waals surface area contributed by atoms with E-state index >= 15 is 0 Å². The molecule has 0 saturated carbocycles. The van der Waals surface area contributed by atoms with Gasteiger partial charge in [-0.25, -0.2) is 9.97 Å². The first kappa shape index (κ1) is 29.1. The number of nitrogens with one attached hydrogen (secondary N) is 1. The van der Waals surface area contributed by atoms with Crippen LogP contribution in [0.2, 0.25) is 0 Å². The van der Waals surface area contributed by atoms with Gasteiger partial charge in [0.1, 0.15) is 17.0 Å². The number of fused-ring (bicyclic) bond motifs is 1. The quantitative estimate of drug-likeness (QED) is 0.338. The lowest BCUT2D eigenvalue weighted by Gasteiger charge is -2.33. The Morgan fingerprint density at radius 3 is 2.57 bits per heavy atom. The van der Waals surface area contributed by atoms with Crippen LogP contribution in [0.1, 0.15) is 51.1 Å². The molecule has 1 aliphatic rings. The molecule has 0 bridgehead atoms. The van der Waals surface area contributed by atoms with Crippen molar-refractivity contribution >= 4 is 22.9 Å². The van der Waals surface area contributed by atoms with Crippen molar-refractivity contribution in [2.45, 2.75) is 33.0 Å². The molecule has 2 aromatic carbocycles. The van der Waals surface area contributed by atoms with E-state index in [1.807, 2.05) is 30.2 Å². The Morgan fingerprint density at radius 1 is 1.10 bits per heavy atom. The number of nitrogen functional groups attached to an aromatic ring is 1. The second-order valence-corrected chi connectivity index (χ2v) is 10.4. The summed E-state index contributed by atoms with van der Waals surface area (Å²) >= 11 is 0. The molecule has 5 rings (SSSR count). The highest BCUT2D eigenvalue weighted by Crippen LogP contribution is 2.35. The fraction of sp³-hybridized carbons (Fsp3) is 0.323. The minimum Gasteiger partial charge on any atom is -0.382 e. The third-order valence-corrected chi connectivity index (χ3v) is 7.45. The van der Waals surface area contributed by atoms with Crippen LogP contribution in [0.25, 0.3) is 5.52 Å². The van der Waals surface area contributed by atoms with Crippen LogP contribution in [0, 0.1) is 18.8 Å². The predicted molar refractivity (Wildman–Crippen MR) is 156 cm³/mol. The number of amides is 1. The van der Waals surface area contributed by atoms with Crippen LogP contribution in [-0.4, -0.2) is 63.3 Å². The number of likely N-dealkylation sites (N-methyl/N-ethyl adjacent to an activating group) is 1. The molecular weight excluding hydrogens is 543 g/mol. The average Bonchev–Trinajstić information content (AvgIpc) is 3.33. The number of nitrogens with two attached hydrogens (primary N) is 1. The van der Waals surface area contributed by atoms with Gasteiger partial charge >= 0.3 is 6.18 Å². The first-order valence-corrected chi connectivity index (χ1v) is 13.7. The lowest BCUT2D eigenvalue weighted by molar-refractivity contribution is -0.138. The number of alkyl halides is 3. The lowest BCUT2D eigenvalue weighted by atomic mass is 10.0. The number of nitrogens with zero attached hydrogens (tertiary/aromatic N) is 5. The smallest absolute Gasteiger partial charge is 0.382 e. The van der Waals surface area contributed by atoms with Crippen molar-refractivity contribution in [3.63, 3.8) is 0 Å². The fourth-order valence-corrected chi connectivity index (χ4v) is 4.99. The monoisotopic (exact) mass is 575 g/mol. The number of aromatic nitrogens is 3. The van der Waals surface area contributed by atoms with E-state index in [0.29, 0.717) is 42.1 Å². The van der Waals surface area contributed by atoms with Gasteiger partial charge in [0.15, 0.2) is 5.82 Å². The van der Waals surface area contributed by atoms with Crippen molar-refractivity contribution in [2.24, 2.45) is 0 Å². The number of imidazole rings is 1. The molecule has 11 heteroatoms. The molecule has 3 heterocycles. The predicted octanol–water partition coefficient (Wildman–Crippen LogP) is 4.60. The van der Waals surface area contributed by atoms with E-state index in [4.69, 9.17) is 5.73 Å². The van der Waals surface area contributed by atoms with Crippen LogP contribution in [0.4, 0.5) is 24.7 Å². The van der Waals surface area contributed by atoms with Crippen molar-refractivity contribution in [3.8, 4) is 11.8 Å². The average molecular weight is 576 g/mol. The summed E-state index contributed by atoms with van der Waals surface area (Å²) in [7, 11) is 2.00. The van der Waals surface area contributed by atoms with Gasteiger partial charge in [0, 0.05) is 68.4 Å². The van der Waals surface area contributed by atoms with Crippen LogP contribution in [-0.2, 0) is 19.1 Å². The van der Waals surface area contributed by atoms with Crippen LogP contribution in [0.15, 0.2) is 48.8 Å². The lowest BCUT2D eigenvalue weighted by Crippen LogP contribution is -2.44. The zero-order valence-corrected chi connectivity index (χ0v) is 23.7. The second kappa shape index (κ2) is 11.8. The van der Waals surface area contributed by atoms with Gasteiger partial charge in [-0.2, -0.15) is 13.2 Å². The second-order valence-electron chi connectivity index (χ2n) is 10.4. The molecule has 1 amide bonds. The SMILES string of the molecule is CCc1nc(C#Cc2cc(C(=O)Nc3ccc(CN4CCN(C)CC4)c(C(F)(F)F)c3)ccc2C)c2c(N)nccn12. The van der Waals surface area contributed by atoms with Crippen molar-refractivity contribution < 1.29 is 18.0 Å². The molecule has 8 nitrogen and oxygen atoms in total. The topological polar surface area (TPSA) is 91.8 Å². The summed E-state index contributed by atoms with van der Waals surface area (Å²) in [6.45, 7) is 7.06. The Hall–Kier alpha value is -4.40. The molecule has 42 heavy (non-hydrogen) atoms. The van der Waals surface area contributed by atoms with E-state index in [9.17, 15) is 18.0 Å². The van der Waals surface area contributed by atoms with E-state index in [-0.39, 0.29) is 23.4 Å². The highest BCUT2D eigenvalue weighted by molar-refractivity contribution is 6.04. The van der Waals surface area contributed by atoms with Crippen molar-refractivity contribution in [1.29, 1.82) is 0 Å². The van der Waals surface area contributed by atoms with Gasteiger partial charge < -0.3 is 16.0 Å². The molecule has 218 valence electrons. The Bertz CT molecular complexity index is 1690. The van der Waals surface area contributed by atoms with Crippen LogP contribution in [0.3, 0.4) is 0 Å². The Balaban J connectivity index is 1.38. The summed E-state index contributed by atoms with van der Waals surface area (Å²) in [4.78, 5) is 26.0. The van der Waals surface area contributed by atoms with Crippen molar-refractivity contribution in [2.75, 3.05) is 44.3 Å². The summed E-state index contributed by atoms with van der Waals surface area (Å²) in [5, 5.41) is 2.62. The van der Waals surface area contributed by atoms with Gasteiger partial charge in [-0.05, 0) is 55.3 Å². The number of hydrogen-bond acceptors (Lipinski definition) is 6. The fourth-order valence-electron chi connectivity index (χ4n) is 4.99. The molecule has 4 aromatic rings. The number of piperazine rings is 1. The van der Waals surface area contributed by atoms with E-state index in [0.717, 1.165) is 30.5 Å². The summed E-state index contributed by atoms with van der Waals surface area (Å²) in [5.41, 5.74) is 8.38. The standard InChI is InChI=1S/C31H32F3N7O/c1-4-27-38-26(28-29(35)36-11-12-41(27)28)10-8-21-17-22(6-5-20(21)2)30(42)37-24-9-7-23(25(18-24)31(32,33)34)19-40-15-13-39(3)14-16-40/h5-7,9,11-12,17-18H,4,13-16,19H2,1-3H3,(H2,35,36)(H,37,42). The molecule has 0 unspecified atom stereocenters. The van der Waals surface area contributed by atoms with Crippen molar-refractivity contribution in [3.05, 3.63) is 88.1 Å². The van der Waals surface area contributed by atoms with E-state index in [2.05, 4.69) is 32.0 Å². The first-order chi connectivity index (χ1) is 20.0. The van der Waals surface area contributed by atoms with Gasteiger partial charge in [0.25, 0.3) is 5.91 Å². The third-order valence-electron chi connectivity index (χ3n) is 7.45. The molecule has 2 aromatic heterocycles. The normalized spacial score (nSPS) is 14.5. The van der Waals surface area contributed by atoms with Crippen LogP contribution < -0.4 is 11.1 Å². The van der Waals surface area contributed by atoms with Crippen molar-refractivity contribution in [1.82, 2.24) is 24.2 Å². The summed E-state index contributed by atoms with van der Waals surface area (Å²) in [5.74, 6) is 6.70. The number of halogens is 3. The summed E-state index contributed by atoms with van der Waals surface area (Å²) in [6.07, 6.45) is -0.496. The number of hydrogen-bond donors (Lipinski definition) is 2. The Morgan fingerprint density at radius 2 is 1.86 bits per heavy atom. The number of anilines is 2. The number of aryl methyl sites for hydroxylation is 2. The highest BCUT2D eigenvalue weighted by Gasteiger charge is 2.34. The van der Waals surface area contributed by atoms with E-state index in [1.165, 1.54) is 12.1 Å². The van der Waals surface area contributed by atoms with Gasteiger partial charge in [-0.1, -0.05) is 25.0 Å². The van der Waals surface area contributed by atoms with Crippen LogP contribution >= 0.6 is 0 Å².